The fraction of sp³-hybridized carbons (Fsp3) is 0.667. The second-order valence-electron chi connectivity index (χ2n) is 4.52. The summed E-state index contributed by atoms with van der Waals surface area (Å²) in [5.41, 5.74) is 0. The van der Waals surface area contributed by atoms with Crippen LogP contribution < -0.4 is 0 Å². The lowest BCUT2D eigenvalue weighted by Crippen LogP contribution is -2.37. The predicted octanol–water partition coefficient (Wildman–Crippen LogP) is 2.43. The van der Waals surface area contributed by atoms with E-state index in [9.17, 15) is 9.59 Å². The molecule has 0 saturated heterocycles. The number of hydrogen-bond donors (Lipinski definition) is 0. The lowest BCUT2D eigenvalue weighted by Gasteiger charge is -2.21. The number of nitriles is 1. The van der Waals surface area contributed by atoms with Crippen LogP contribution in [0.4, 0.5) is 0 Å². The number of carbonyl (C=O) groups excluding carboxylic acids is 2. The number of ether oxygens (including phenoxy) is 1. The van der Waals surface area contributed by atoms with Gasteiger partial charge in [-0.15, -0.1) is 6.58 Å². The fourth-order valence-corrected chi connectivity index (χ4v) is 1.72. The Morgan fingerprint density at radius 1 is 1.35 bits per heavy atom. The Labute approximate surface area is 121 Å². The number of unbranched alkanes of at least 4 members (excludes halogenated alkanes) is 3. The van der Waals surface area contributed by atoms with E-state index in [0.717, 1.165) is 25.7 Å². The molecule has 0 aliphatic carbocycles. The molecular weight excluding hydrogens is 256 g/mol. The number of allylic oxidation sites excluding steroid dienone is 1. The molecule has 0 radical (unpaired) electrons. The highest BCUT2D eigenvalue weighted by Gasteiger charge is 2.16. The molecule has 0 unspecified atom stereocenters. The summed E-state index contributed by atoms with van der Waals surface area (Å²) in [6.45, 7) is 5.90. The minimum atomic E-state index is -0.533. The van der Waals surface area contributed by atoms with Crippen LogP contribution in [0.5, 0.6) is 0 Å². The monoisotopic (exact) mass is 280 g/mol. The fourth-order valence-electron chi connectivity index (χ4n) is 1.72. The van der Waals surface area contributed by atoms with Crippen LogP contribution in [0.2, 0.25) is 0 Å². The molecule has 0 saturated carbocycles. The third-order valence-electron chi connectivity index (χ3n) is 2.81. The molecule has 0 aromatic rings. The first-order chi connectivity index (χ1) is 9.65. The van der Waals surface area contributed by atoms with Crippen LogP contribution in [0.25, 0.3) is 0 Å². The van der Waals surface area contributed by atoms with Crippen LogP contribution in [-0.2, 0) is 14.3 Å². The van der Waals surface area contributed by atoms with Crippen LogP contribution in [-0.4, -0.2) is 36.5 Å². The van der Waals surface area contributed by atoms with Gasteiger partial charge in [0.25, 0.3) is 0 Å². The molecule has 0 atom stereocenters. The van der Waals surface area contributed by atoms with Gasteiger partial charge in [-0.05, 0) is 12.8 Å². The van der Waals surface area contributed by atoms with Gasteiger partial charge >= 0.3 is 5.97 Å². The quantitative estimate of drug-likeness (QED) is 0.331. The van der Waals surface area contributed by atoms with Crippen molar-refractivity contribution < 1.29 is 14.3 Å². The third-order valence-corrected chi connectivity index (χ3v) is 2.81. The van der Waals surface area contributed by atoms with Crippen molar-refractivity contribution in [2.75, 3.05) is 19.7 Å². The molecule has 0 aliphatic rings. The molecule has 112 valence electrons. The Morgan fingerprint density at radius 3 is 2.70 bits per heavy atom. The van der Waals surface area contributed by atoms with Gasteiger partial charge in [0.05, 0.1) is 0 Å². The Kier molecular flexibility index (Phi) is 11.1. The summed E-state index contributed by atoms with van der Waals surface area (Å²) in [5.74, 6) is -0.607. The molecule has 5 heteroatoms. The first-order valence-electron chi connectivity index (χ1n) is 7.06. The van der Waals surface area contributed by atoms with Gasteiger partial charge in [-0.3, -0.25) is 9.59 Å². The van der Waals surface area contributed by atoms with Gasteiger partial charge in [0, 0.05) is 13.0 Å². The molecule has 5 nitrogen and oxygen atoms in total. The van der Waals surface area contributed by atoms with Crippen molar-refractivity contribution in [2.45, 2.75) is 45.4 Å². The highest BCUT2D eigenvalue weighted by atomic mass is 16.5. The largest absolute Gasteiger partial charge is 0.449 e. The number of amides is 1. The Morgan fingerprint density at radius 2 is 2.10 bits per heavy atom. The second-order valence-corrected chi connectivity index (χ2v) is 4.52. The number of hydrogen-bond acceptors (Lipinski definition) is 4. The number of rotatable bonds is 11. The number of esters is 1. The maximum absolute atomic E-state index is 12.0. The van der Waals surface area contributed by atoms with E-state index >= 15 is 0 Å². The molecule has 0 spiro atoms. The molecule has 0 aliphatic heterocycles. The summed E-state index contributed by atoms with van der Waals surface area (Å²) in [6, 6.07) is 1.74. The Bertz CT molecular complexity index is 348. The van der Waals surface area contributed by atoms with Crippen molar-refractivity contribution in [1.29, 1.82) is 5.26 Å². The van der Waals surface area contributed by atoms with Crippen molar-refractivity contribution >= 4 is 11.9 Å². The molecule has 0 N–H and O–H groups in total. The van der Waals surface area contributed by atoms with Gasteiger partial charge in [-0.25, -0.2) is 0 Å². The summed E-state index contributed by atoms with van der Waals surface area (Å²) in [5, 5.41) is 8.36. The van der Waals surface area contributed by atoms with Crippen LogP contribution in [0.3, 0.4) is 0 Å². The number of carbonyl (C=O) groups is 2. The maximum atomic E-state index is 12.0. The topological polar surface area (TPSA) is 70.4 Å². The van der Waals surface area contributed by atoms with E-state index in [2.05, 4.69) is 18.2 Å². The summed E-state index contributed by atoms with van der Waals surface area (Å²) < 4.78 is 4.69. The minimum Gasteiger partial charge on any atom is -0.449 e. The molecule has 0 heterocycles. The van der Waals surface area contributed by atoms with E-state index in [-0.39, 0.29) is 19.1 Å². The van der Waals surface area contributed by atoms with Crippen LogP contribution >= 0.6 is 0 Å². The second kappa shape index (κ2) is 12.2. The predicted molar refractivity (Wildman–Crippen MR) is 76.7 cm³/mol. The van der Waals surface area contributed by atoms with Gasteiger partial charge < -0.3 is 9.64 Å². The van der Waals surface area contributed by atoms with E-state index in [4.69, 9.17) is 5.26 Å². The molecule has 0 bridgehead atoms. The zero-order chi connectivity index (χ0) is 15.2. The average Bonchev–Trinajstić information content (AvgIpc) is 2.45. The van der Waals surface area contributed by atoms with Gasteiger partial charge in [0.2, 0.25) is 5.91 Å². The standard InChI is InChI=1S/C15H24N2O3/c1-3-5-7-8-11-17(14(18)9-6-4-2)13-15(19)20-12-10-16/h4H,2-3,5-9,11-13H2,1H3. The zero-order valence-corrected chi connectivity index (χ0v) is 12.3. The van der Waals surface area contributed by atoms with Gasteiger partial charge in [-0.1, -0.05) is 32.3 Å². The summed E-state index contributed by atoms with van der Waals surface area (Å²) >= 11 is 0. The van der Waals surface area contributed by atoms with Gasteiger partial charge in [0.1, 0.15) is 12.6 Å². The summed E-state index contributed by atoms with van der Waals surface area (Å²) in [4.78, 5) is 25.0. The van der Waals surface area contributed by atoms with Crippen molar-refractivity contribution in [1.82, 2.24) is 4.90 Å². The van der Waals surface area contributed by atoms with Crippen molar-refractivity contribution in [3.05, 3.63) is 12.7 Å². The molecular formula is C15H24N2O3. The van der Waals surface area contributed by atoms with E-state index in [1.54, 1.807) is 12.1 Å². The maximum Gasteiger partial charge on any atom is 0.326 e. The van der Waals surface area contributed by atoms with Crippen LogP contribution in [0.15, 0.2) is 12.7 Å². The molecule has 0 rings (SSSR count). The molecule has 0 aromatic heterocycles. The highest BCUT2D eigenvalue weighted by molar-refractivity contribution is 5.82. The zero-order valence-electron chi connectivity index (χ0n) is 12.3. The summed E-state index contributed by atoms with van der Waals surface area (Å²) in [7, 11) is 0. The molecule has 0 fully saturated rings. The normalized spacial score (nSPS) is 9.60. The average molecular weight is 280 g/mol. The Hall–Kier alpha value is -1.83. The smallest absolute Gasteiger partial charge is 0.326 e. The molecule has 20 heavy (non-hydrogen) atoms. The summed E-state index contributed by atoms with van der Waals surface area (Å²) in [6.07, 6.45) is 6.78. The highest BCUT2D eigenvalue weighted by Crippen LogP contribution is 2.05. The lowest BCUT2D eigenvalue weighted by atomic mass is 10.2. The van der Waals surface area contributed by atoms with Crippen molar-refractivity contribution in [3.8, 4) is 6.07 Å². The van der Waals surface area contributed by atoms with Crippen molar-refractivity contribution in [2.24, 2.45) is 0 Å². The first-order valence-corrected chi connectivity index (χ1v) is 7.06. The number of nitrogens with zero attached hydrogens (tertiary/aromatic N) is 2. The molecule has 1 amide bonds. The van der Waals surface area contributed by atoms with Crippen molar-refractivity contribution in [3.63, 3.8) is 0 Å². The minimum absolute atomic E-state index is 0.0738. The van der Waals surface area contributed by atoms with E-state index in [1.165, 1.54) is 4.90 Å². The lowest BCUT2D eigenvalue weighted by molar-refractivity contribution is -0.148. The van der Waals surface area contributed by atoms with Gasteiger partial charge in [-0.2, -0.15) is 5.26 Å². The first kappa shape index (κ1) is 18.2. The van der Waals surface area contributed by atoms with Crippen LogP contribution in [0.1, 0.15) is 45.4 Å². The van der Waals surface area contributed by atoms with E-state index in [1.807, 2.05) is 0 Å². The van der Waals surface area contributed by atoms with E-state index < -0.39 is 5.97 Å². The third kappa shape index (κ3) is 9.15. The van der Waals surface area contributed by atoms with Crippen LogP contribution in [0, 0.1) is 11.3 Å². The molecule has 0 aromatic carbocycles. The SMILES string of the molecule is C=CCCC(=O)N(CCCCCC)CC(=O)OCC#N. The Balaban J connectivity index is 4.29. The van der Waals surface area contributed by atoms with Gasteiger partial charge in [0.15, 0.2) is 6.61 Å². The van der Waals surface area contributed by atoms with E-state index in [0.29, 0.717) is 19.4 Å².